The third-order valence-electron chi connectivity index (χ3n) is 3.88. The average Bonchev–Trinajstić information content (AvgIpc) is 2.79. The van der Waals surface area contributed by atoms with Gasteiger partial charge in [0.25, 0.3) is 0 Å². The van der Waals surface area contributed by atoms with Gasteiger partial charge in [-0.25, -0.2) is 4.79 Å². The number of ether oxygens (including phenoxy) is 1. The summed E-state index contributed by atoms with van der Waals surface area (Å²) in [5, 5.41) is 3.31. The lowest BCUT2D eigenvalue weighted by Gasteiger charge is -2.30. The number of amides is 2. The Hall–Kier alpha value is -1.75. The molecule has 2 amide bonds. The van der Waals surface area contributed by atoms with Crippen molar-refractivity contribution in [3.63, 3.8) is 0 Å². The van der Waals surface area contributed by atoms with Crippen LogP contribution >= 0.6 is 11.6 Å². The smallest absolute Gasteiger partial charge is 0.325 e. The fourth-order valence-electron chi connectivity index (χ4n) is 2.70. The van der Waals surface area contributed by atoms with Crippen LogP contribution in [-0.4, -0.2) is 37.1 Å². The molecule has 22 heavy (non-hydrogen) atoms. The number of rotatable bonds is 3. The molecule has 0 spiro atoms. The van der Waals surface area contributed by atoms with Crippen molar-refractivity contribution >= 4 is 23.6 Å². The molecular weight excluding hydrogens is 304 g/mol. The minimum absolute atomic E-state index is 0.0115. The second kappa shape index (κ2) is 8.03. The number of carbonyl (C=O) groups is 2. The third kappa shape index (κ3) is 4.37. The minimum atomic E-state index is -0.453. The lowest BCUT2D eigenvalue weighted by atomic mass is 10.0. The molecule has 0 saturated carbocycles. The van der Waals surface area contributed by atoms with Gasteiger partial charge < -0.3 is 15.0 Å². The molecule has 0 bridgehead atoms. The van der Waals surface area contributed by atoms with Gasteiger partial charge >= 0.3 is 12.0 Å². The predicted molar refractivity (Wildman–Crippen MR) is 84.8 cm³/mol. The highest BCUT2D eigenvalue weighted by molar-refractivity contribution is 6.30. The summed E-state index contributed by atoms with van der Waals surface area (Å²) in [6.45, 7) is 0.569. The van der Waals surface area contributed by atoms with Crippen molar-refractivity contribution in [2.75, 3.05) is 20.2 Å². The molecule has 0 unspecified atom stereocenters. The van der Waals surface area contributed by atoms with E-state index in [-0.39, 0.29) is 18.6 Å². The van der Waals surface area contributed by atoms with Crippen LogP contribution in [0.5, 0.6) is 0 Å². The molecule has 0 aromatic heterocycles. The van der Waals surface area contributed by atoms with E-state index in [9.17, 15) is 9.59 Å². The first kappa shape index (κ1) is 16.6. The molecule has 1 N–H and O–H groups in total. The average molecular weight is 325 g/mol. The molecule has 1 fully saturated rings. The maximum atomic E-state index is 12.4. The molecule has 1 atom stereocenters. The Morgan fingerprint density at radius 3 is 2.68 bits per heavy atom. The summed E-state index contributed by atoms with van der Waals surface area (Å²) in [5.41, 5.74) is 1.07. The molecule has 2 rings (SSSR count). The molecule has 120 valence electrons. The van der Waals surface area contributed by atoms with Crippen molar-refractivity contribution in [2.24, 2.45) is 0 Å². The minimum Gasteiger partial charge on any atom is -0.468 e. The van der Waals surface area contributed by atoms with Crippen LogP contribution in [0.25, 0.3) is 0 Å². The largest absolute Gasteiger partial charge is 0.468 e. The zero-order valence-electron chi connectivity index (χ0n) is 12.7. The summed E-state index contributed by atoms with van der Waals surface area (Å²) in [7, 11) is 1.30. The van der Waals surface area contributed by atoms with Gasteiger partial charge in [-0.15, -0.1) is 0 Å². The van der Waals surface area contributed by atoms with E-state index in [0.29, 0.717) is 11.6 Å². The van der Waals surface area contributed by atoms with Gasteiger partial charge in [-0.2, -0.15) is 0 Å². The quantitative estimate of drug-likeness (QED) is 0.869. The fraction of sp³-hybridized carbons (Fsp3) is 0.500. The molecule has 0 aliphatic carbocycles. The van der Waals surface area contributed by atoms with Gasteiger partial charge in [-0.1, -0.05) is 36.6 Å². The Morgan fingerprint density at radius 1 is 1.27 bits per heavy atom. The summed E-state index contributed by atoms with van der Waals surface area (Å²) in [6, 6.07) is 7.38. The van der Waals surface area contributed by atoms with Crippen LogP contribution in [0.1, 0.15) is 37.3 Å². The number of hydrogen-bond acceptors (Lipinski definition) is 3. The van der Waals surface area contributed by atoms with Crippen molar-refractivity contribution in [3.05, 3.63) is 34.9 Å². The van der Waals surface area contributed by atoms with E-state index in [0.717, 1.165) is 31.2 Å². The van der Waals surface area contributed by atoms with Gasteiger partial charge in [0, 0.05) is 11.6 Å². The standard InChI is InChI=1S/C16H21ClN2O3/c1-22-15(20)11-18-16(21)19-10-4-2-3-5-14(19)12-6-8-13(17)9-7-12/h6-9,14H,2-5,10-11H2,1H3,(H,18,21)/t14-/m0/s1. The van der Waals surface area contributed by atoms with Gasteiger partial charge in [-0.3, -0.25) is 4.79 Å². The first-order chi connectivity index (χ1) is 10.6. The number of carbonyl (C=O) groups excluding carboxylic acids is 2. The number of esters is 1. The van der Waals surface area contributed by atoms with Gasteiger partial charge in [0.1, 0.15) is 6.54 Å². The Labute approximate surface area is 135 Å². The van der Waals surface area contributed by atoms with Crippen LogP contribution in [0.4, 0.5) is 4.79 Å². The number of nitrogens with one attached hydrogen (secondary N) is 1. The zero-order chi connectivity index (χ0) is 15.9. The Morgan fingerprint density at radius 2 is 2.00 bits per heavy atom. The number of likely N-dealkylation sites (tertiary alicyclic amines) is 1. The number of benzene rings is 1. The van der Waals surface area contributed by atoms with Crippen molar-refractivity contribution in [3.8, 4) is 0 Å². The van der Waals surface area contributed by atoms with E-state index in [1.165, 1.54) is 7.11 Å². The highest BCUT2D eigenvalue weighted by Crippen LogP contribution is 2.30. The number of urea groups is 1. The molecular formula is C16H21ClN2O3. The molecule has 1 aromatic carbocycles. The van der Waals surface area contributed by atoms with E-state index < -0.39 is 5.97 Å². The van der Waals surface area contributed by atoms with Gasteiger partial charge in [0.15, 0.2) is 0 Å². The van der Waals surface area contributed by atoms with Crippen molar-refractivity contribution < 1.29 is 14.3 Å². The Balaban J connectivity index is 2.11. The first-order valence-electron chi connectivity index (χ1n) is 7.48. The molecule has 1 heterocycles. The molecule has 5 nitrogen and oxygen atoms in total. The normalized spacial score (nSPS) is 18.5. The number of nitrogens with zero attached hydrogens (tertiary/aromatic N) is 1. The zero-order valence-corrected chi connectivity index (χ0v) is 13.4. The van der Waals surface area contributed by atoms with Crippen molar-refractivity contribution in [1.82, 2.24) is 10.2 Å². The lowest BCUT2D eigenvalue weighted by Crippen LogP contribution is -2.44. The monoisotopic (exact) mass is 324 g/mol. The van der Waals surface area contributed by atoms with Crippen LogP contribution in [0.2, 0.25) is 5.02 Å². The van der Waals surface area contributed by atoms with E-state index >= 15 is 0 Å². The SMILES string of the molecule is COC(=O)CNC(=O)N1CCCCC[C@H]1c1ccc(Cl)cc1. The number of hydrogen-bond donors (Lipinski definition) is 1. The topological polar surface area (TPSA) is 58.6 Å². The second-order valence-electron chi connectivity index (χ2n) is 5.34. The lowest BCUT2D eigenvalue weighted by molar-refractivity contribution is -0.139. The molecule has 6 heteroatoms. The van der Waals surface area contributed by atoms with Gasteiger partial charge in [0.05, 0.1) is 13.2 Å². The predicted octanol–water partition coefficient (Wildman–Crippen LogP) is 3.14. The van der Waals surface area contributed by atoms with Crippen LogP contribution in [0.3, 0.4) is 0 Å². The molecule has 1 saturated heterocycles. The fourth-order valence-corrected chi connectivity index (χ4v) is 2.83. The Bertz CT molecular complexity index is 519. The van der Waals surface area contributed by atoms with Crippen LogP contribution in [0, 0.1) is 0 Å². The highest BCUT2D eigenvalue weighted by atomic mass is 35.5. The van der Waals surface area contributed by atoms with Crippen LogP contribution in [0.15, 0.2) is 24.3 Å². The molecule has 1 aromatic rings. The van der Waals surface area contributed by atoms with Crippen LogP contribution in [-0.2, 0) is 9.53 Å². The van der Waals surface area contributed by atoms with E-state index in [4.69, 9.17) is 11.6 Å². The highest BCUT2D eigenvalue weighted by Gasteiger charge is 2.26. The molecule has 1 aliphatic heterocycles. The first-order valence-corrected chi connectivity index (χ1v) is 7.86. The van der Waals surface area contributed by atoms with Crippen molar-refractivity contribution in [1.29, 1.82) is 0 Å². The van der Waals surface area contributed by atoms with E-state index in [2.05, 4.69) is 10.1 Å². The van der Waals surface area contributed by atoms with Gasteiger partial charge in [0.2, 0.25) is 0 Å². The Kier molecular flexibility index (Phi) is 6.07. The summed E-state index contributed by atoms with van der Waals surface area (Å²) in [4.78, 5) is 25.4. The summed E-state index contributed by atoms with van der Waals surface area (Å²) in [5.74, 6) is -0.453. The maximum absolute atomic E-state index is 12.4. The van der Waals surface area contributed by atoms with Crippen LogP contribution < -0.4 is 5.32 Å². The van der Waals surface area contributed by atoms with Crippen molar-refractivity contribution in [2.45, 2.75) is 31.7 Å². The van der Waals surface area contributed by atoms with E-state index in [1.54, 1.807) is 4.90 Å². The summed E-state index contributed by atoms with van der Waals surface area (Å²) in [6.07, 6.45) is 4.06. The third-order valence-corrected chi connectivity index (χ3v) is 4.13. The molecule has 0 radical (unpaired) electrons. The van der Waals surface area contributed by atoms with E-state index in [1.807, 2.05) is 24.3 Å². The molecule has 1 aliphatic rings. The summed E-state index contributed by atoms with van der Waals surface area (Å²) < 4.78 is 4.55. The second-order valence-corrected chi connectivity index (χ2v) is 5.78. The summed E-state index contributed by atoms with van der Waals surface area (Å²) >= 11 is 5.94. The van der Waals surface area contributed by atoms with Gasteiger partial charge in [-0.05, 0) is 30.5 Å². The maximum Gasteiger partial charge on any atom is 0.325 e. The number of methoxy groups -OCH3 is 1. The number of halogens is 1.